The van der Waals surface area contributed by atoms with Crippen molar-refractivity contribution < 1.29 is 44.2 Å². The van der Waals surface area contributed by atoms with E-state index in [9.17, 15) is 30.0 Å². The number of benzene rings is 2. The van der Waals surface area contributed by atoms with Crippen LogP contribution in [0.5, 0.6) is 11.5 Å². The predicted octanol–water partition coefficient (Wildman–Crippen LogP) is -0.0772. The Hall–Kier alpha value is -3.18. The Labute approximate surface area is 161 Å². The molecule has 0 bridgehead atoms. The van der Waals surface area contributed by atoms with E-state index in [0.29, 0.717) is 10.8 Å². The van der Waals surface area contributed by atoms with Crippen LogP contribution in [0.3, 0.4) is 0 Å². The summed E-state index contributed by atoms with van der Waals surface area (Å²) >= 11 is 0. The molecule has 1 fully saturated rings. The first-order valence-electron chi connectivity index (χ1n) is 8.55. The van der Waals surface area contributed by atoms with Gasteiger partial charge in [0.25, 0.3) is 0 Å². The third-order valence-electron chi connectivity index (χ3n) is 4.73. The van der Waals surface area contributed by atoms with Crippen molar-refractivity contribution in [2.45, 2.75) is 30.7 Å². The maximum absolute atomic E-state index is 12.2. The van der Waals surface area contributed by atoms with Crippen LogP contribution in [-0.4, -0.2) is 62.2 Å². The van der Waals surface area contributed by atoms with Crippen LogP contribution in [0.15, 0.2) is 45.6 Å². The molecule has 2 aromatic carbocycles. The number of aliphatic hydroxyl groups is 3. The highest BCUT2D eigenvalue weighted by Gasteiger charge is 2.48. The first kappa shape index (κ1) is 19.2. The summed E-state index contributed by atoms with van der Waals surface area (Å²) in [5.41, 5.74) is -0.485. The van der Waals surface area contributed by atoms with Crippen molar-refractivity contribution in [1.82, 2.24) is 0 Å². The third kappa shape index (κ3) is 3.28. The van der Waals surface area contributed by atoms with Gasteiger partial charge < -0.3 is 39.4 Å². The number of hydrogen-bond acceptors (Lipinski definition) is 9. The zero-order valence-corrected chi connectivity index (χ0v) is 14.6. The molecule has 0 saturated carbocycles. The van der Waals surface area contributed by atoms with Gasteiger partial charge in [-0.15, -0.1) is 0 Å². The van der Waals surface area contributed by atoms with Gasteiger partial charge in [0.1, 0.15) is 35.4 Å². The van der Waals surface area contributed by atoms with Gasteiger partial charge in [0.05, 0.1) is 5.39 Å². The van der Waals surface area contributed by atoms with Crippen molar-refractivity contribution in [2.24, 2.45) is 0 Å². The Morgan fingerprint density at radius 2 is 1.66 bits per heavy atom. The highest BCUT2D eigenvalue weighted by atomic mass is 16.7. The Balaban J connectivity index is 1.74. The molecule has 10 nitrogen and oxygen atoms in total. The molecule has 29 heavy (non-hydrogen) atoms. The van der Waals surface area contributed by atoms with E-state index in [-0.39, 0.29) is 22.5 Å². The summed E-state index contributed by atoms with van der Waals surface area (Å²) in [6, 6.07) is 8.50. The van der Waals surface area contributed by atoms with Crippen LogP contribution >= 0.6 is 0 Å². The van der Waals surface area contributed by atoms with Crippen LogP contribution in [0.4, 0.5) is 0 Å². The van der Waals surface area contributed by atoms with Gasteiger partial charge in [-0.3, -0.25) is 0 Å². The normalized spacial score (nSPS) is 27.2. The van der Waals surface area contributed by atoms with Gasteiger partial charge in [0.2, 0.25) is 6.29 Å². The fourth-order valence-corrected chi connectivity index (χ4v) is 3.25. The van der Waals surface area contributed by atoms with Gasteiger partial charge in [0, 0.05) is 16.8 Å². The standard InChI is InChI=1S/C19H16O10/c20-7-1-3-9-11-6-8(2-4-10(11)18(26)28-12(9)5-7)27-19-15(23)13(21)14(22)16(29-19)17(24)25/h1-6,13-16,19-23H,(H,24,25)/t13-,14-,15+,16-,19+/m0/s1. The van der Waals surface area contributed by atoms with Crippen molar-refractivity contribution in [2.75, 3.05) is 0 Å². The third-order valence-corrected chi connectivity index (χ3v) is 4.73. The number of rotatable bonds is 3. The summed E-state index contributed by atoms with van der Waals surface area (Å²) in [5, 5.41) is 49.6. The molecular formula is C19H16O10. The number of aromatic hydroxyl groups is 1. The topological polar surface area (TPSA) is 167 Å². The molecule has 0 radical (unpaired) electrons. The molecule has 10 heteroatoms. The summed E-state index contributed by atoms with van der Waals surface area (Å²) < 4.78 is 15.8. The number of aliphatic carboxylic acids is 1. The van der Waals surface area contributed by atoms with E-state index in [1.807, 2.05) is 0 Å². The van der Waals surface area contributed by atoms with Gasteiger partial charge in [-0.2, -0.15) is 0 Å². The van der Waals surface area contributed by atoms with Gasteiger partial charge in [0.15, 0.2) is 6.10 Å². The SMILES string of the molecule is O=C(O)[C@H]1O[C@@H](Oc2ccc3c(=O)oc4cc(O)ccc4c3c2)[C@H](O)[C@@H](O)[C@@H]1O. The van der Waals surface area contributed by atoms with Crippen molar-refractivity contribution >= 4 is 27.7 Å². The Kier molecular flexibility index (Phi) is 4.63. The van der Waals surface area contributed by atoms with Crippen molar-refractivity contribution in [1.29, 1.82) is 0 Å². The maximum atomic E-state index is 12.2. The number of carboxylic acids is 1. The molecule has 0 unspecified atom stereocenters. The number of fused-ring (bicyclic) bond motifs is 3. The monoisotopic (exact) mass is 404 g/mol. The van der Waals surface area contributed by atoms with Gasteiger partial charge >= 0.3 is 11.6 Å². The quantitative estimate of drug-likeness (QED) is 0.294. The molecule has 4 rings (SSSR count). The van der Waals surface area contributed by atoms with Gasteiger partial charge in [-0.1, -0.05) is 0 Å². The minimum Gasteiger partial charge on any atom is -0.508 e. The van der Waals surface area contributed by atoms with E-state index in [0.717, 1.165) is 0 Å². The molecule has 0 aliphatic carbocycles. The van der Waals surface area contributed by atoms with Gasteiger partial charge in [-0.25, -0.2) is 9.59 Å². The fraction of sp³-hybridized carbons (Fsp3) is 0.263. The Morgan fingerprint density at radius 3 is 2.38 bits per heavy atom. The van der Waals surface area contributed by atoms with Crippen LogP contribution in [-0.2, 0) is 9.53 Å². The van der Waals surface area contributed by atoms with Crippen LogP contribution in [0.1, 0.15) is 0 Å². The van der Waals surface area contributed by atoms with E-state index in [1.54, 1.807) is 6.07 Å². The highest BCUT2D eigenvalue weighted by molar-refractivity contribution is 6.05. The molecule has 1 aromatic heterocycles. The maximum Gasteiger partial charge on any atom is 0.344 e. The molecule has 0 spiro atoms. The molecule has 1 aliphatic rings. The summed E-state index contributed by atoms with van der Waals surface area (Å²) in [4.78, 5) is 23.4. The molecule has 2 heterocycles. The molecule has 1 saturated heterocycles. The second-order valence-electron chi connectivity index (χ2n) is 6.63. The average molecular weight is 404 g/mol. The number of ether oxygens (including phenoxy) is 2. The smallest absolute Gasteiger partial charge is 0.344 e. The second kappa shape index (κ2) is 7.01. The summed E-state index contributed by atoms with van der Waals surface area (Å²) in [6.07, 6.45) is -8.73. The fourth-order valence-electron chi connectivity index (χ4n) is 3.25. The van der Waals surface area contributed by atoms with E-state index in [2.05, 4.69) is 0 Å². The first-order chi connectivity index (χ1) is 13.8. The lowest BCUT2D eigenvalue weighted by Gasteiger charge is -2.38. The largest absolute Gasteiger partial charge is 0.508 e. The lowest BCUT2D eigenvalue weighted by atomic mass is 9.99. The molecule has 3 aromatic rings. The lowest BCUT2D eigenvalue weighted by Crippen LogP contribution is -2.61. The number of carboxylic acid groups (broad SMARTS) is 1. The number of phenols is 1. The summed E-state index contributed by atoms with van der Waals surface area (Å²) in [6.45, 7) is 0. The summed E-state index contributed by atoms with van der Waals surface area (Å²) in [7, 11) is 0. The van der Waals surface area contributed by atoms with Crippen LogP contribution in [0, 0.1) is 0 Å². The Morgan fingerprint density at radius 1 is 0.931 bits per heavy atom. The van der Waals surface area contributed by atoms with Gasteiger partial charge in [-0.05, 0) is 30.3 Å². The number of carbonyl (C=O) groups is 1. The van der Waals surface area contributed by atoms with Crippen molar-refractivity contribution in [3.63, 3.8) is 0 Å². The lowest BCUT2D eigenvalue weighted by molar-refractivity contribution is -0.271. The Bertz CT molecular complexity index is 1150. The predicted molar refractivity (Wildman–Crippen MR) is 96.6 cm³/mol. The van der Waals surface area contributed by atoms with Crippen molar-refractivity contribution in [3.8, 4) is 11.5 Å². The average Bonchev–Trinajstić information content (AvgIpc) is 2.68. The molecule has 5 atom stereocenters. The first-order valence-corrected chi connectivity index (χ1v) is 8.55. The molecular weight excluding hydrogens is 388 g/mol. The second-order valence-corrected chi connectivity index (χ2v) is 6.63. The van der Waals surface area contributed by atoms with Crippen LogP contribution in [0.2, 0.25) is 0 Å². The highest BCUT2D eigenvalue weighted by Crippen LogP contribution is 2.30. The van der Waals surface area contributed by atoms with E-state index in [1.165, 1.54) is 30.3 Å². The zero-order chi connectivity index (χ0) is 20.9. The van der Waals surface area contributed by atoms with Crippen molar-refractivity contribution in [3.05, 3.63) is 46.8 Å². The zero-order valence-electron chi connectivity index (χ0n) is 14.6. The minimum atomic E-state index is -1.83. The molecule has 0 amide bonds. The number of phenolic OH excluding ortho intramolecular Hbond substituents is 1. The number of hydrogen-bond donors (Lipinski definition) is 5. The molecule has 5 N–H and O–H groups in total. The van der Waals surface area contributed by atoms with E-state index < -0.39 is 42.3 Å². The minimum absolute atomic E-state index is 0.0848. The number of aliphatic hydroxyl groups excluding tert-OH is 3. The van der Waals surface area contributed by atoms with Crippen LogP contribution in [0.25, 0.3) is 21.7 Å². The van der Waals surface area contributed by atoms with E-state index in [4.69, 9.17) is 19.0 Å². The van der Waals surface area contributed by atoms with E-state index >= 15 is 0 Å². The summed E-state index contributed by atoms with van der Waals surface area (Å²) in [5.74, 6) is -1.51. The molecule has 1 aliphatic heterocycles. The molecule has 152 valence electrons. The van der Waals surface area contributed by atoms with Crippen LogP contribution < -0.4 is 10.4 Å².